The van der Waals surface area contributed by atoms with Gasteiger partial charge in [0.15, 0.2) is 17.5 Å². The fourth-order valence-corrected chi connectivity index (χ4v) is 3.74. The van der Waals surface area contributed by atoms with Crippen molar-refractivity contribution in [2.45, 2.75) is 63.8 Å². The van der Waals surface area contributed by atoms with Crippen LogP contribution in [0.1, 0.15) is 44.6 Å². The molecule has 7 heteroatoms. The molecular weight excluding hydrogens is 370 g/mol. The number of nitrogens with one attached hydrogen (secondary N) is 2. The smallest absolute Gasteiger partial charge is 0.191 e. The number of hydrogen-bond acceptors (Lipinski definition) is 5. The largest absolute Gasteiger partial charge is 0.493 e. The van der Waals surface area contributed by atoms with Crippen molar-refractivity contribution in [3.05, 3.63) is 23.8 Å². The number of aliphatic imine (C=N–C) groups is 1. The zero-order chi connectivity index (χ0) is 20.5. The van der Waals surface area contributed by atoms with Crippen molar-refractivity contribution in [3.8, 4) is 11.5 Å². The third kappa shape index (κ3) is 6.51. The third-order valence-corrected chi connectivity index (χ3v) is 5.39. The molecule has 2 unspecified atom stereocenters. The van der Waals surface area contributed by atoms with Crippen LogP contribution in [0.4, 0.5) is 0 Å². The molecule has 7 nitrogen and oxygen atoms in total. The summed E-state index contributed by atoms with van der Waals surface area (Å²) in [6.07, 6.45) is 6.14. The van der Waals surface area contributed by atoms with Crippen LogP contribution in [-0.4, -0.2) is 58.2 Å². The average Bonchev–Trinajstić information content (AvgIpc) is 3.44. The molecule has 1 aromatic carbocycles. The van der Waals surface area contributed by atoms with Gasteiger partial charge in [-0.3, -0.25) is 4.99 Å². The molecular formula is C22H35N3O4. The first kappa shape index (κ1) is 21.7. The Labute approximate surface area is 174 Å². The molecule has 2 aliphatic rings. The molecule has 162 valence electrons. The van der Waals surface area contributed by atoms with Crippen molar-refractivity contribution in [1.82, 2.24) is 10.6 Å². The van der Waals surface area contributed by atoms with Crippen molar-refractivity contribution in [2.75, 3.05) is 34.0 Å². The predicted octanol–water partition coefficient (Wildman–Crippen LogP) is 2.88. The van der Waals surface area contributed by atoms with Crippen LogP contribution in [-0.2, 0) is 16.0 Å². The van der Waals surface area contributed by atoms with Gasteiger partial charge in [-0.2, -0.15) is 0 Å². The van der Waals surface area contributed by atoms with Gasteiger partial charge in [0.2, 0.25) is 0 Å². The summed E-state index contributed by atoms with van der Waals surface area (Å²) in [5.41, 5.74) is 1.06. The van der Waals surface area contributed by atoms with Crippen molar-refractivity contribution >= 4 is 5.96 Å². The average molecular weight is 406 g/mol. The molecule has 0 amide bonds. The van der Waals surface area contributed by atoms with E-state index in [9.17, 15) is 0 Å². The van der Waals surface area contributed by atoms with Crippen LogP contribution in [0.3, 0.4) is 0 Å². The van der Waals surface area contributed by atoms with E-state index in [-0.39, 0.29) is 18.2 Å². The van der Waals surface area contributed by atoms with Gasteiger partial charge < -0.3 is 29.6 Å². The summed E-state index contributed by atoms with van der Waals surface area (Å²) < 4.78 is 23.1. The lowest BCUT2D eigenvalue weighted by molar-refractivity contribution is 0.0347. The molecule has 3 rings (SSSR count). The van der Waals surface area contributed by atoms with Gasteiger partial charge in [0, 0.05) is 31.8 Å². The van der Waals surface area contributed by atoms with E-state index in [1.165, 1.54) is 12.8 Å². The second-order valence-electron chi connectivity index (χ2n) is 7.76. The van der Waals surface area contributed by atoms with E-state index in [1.807, 2.05) is 12.1 Å². The van der Waals surface area contributed by atoms with Crippen LogP contribution < -0.4 is 20.1 Å². The standard InChI is InChI=1S/C22H35N3O4/c1-16(14-28-19-11-12-27-15-19)25-22(23-2)24-13-17-7-6-10-20(26-3)21(17)29-18-8-4-5-9-18/h6-7,10,16,18-19H,4-5,8-9,11-15H2,1-3H3,(H2,23,24,25). The van der Waals surface area contributed by atoms with Crippen molar-refractivity contribution in [3.63, 3.8) is 0 Å². The van der Waals surface area contributed by atoms with E-state index in [2.05, 4.69) is 28.6 Å². The minimum Gasteiger partial charge on any atom is -0.493 e. The number of ether oxygens (including phenoxy) is 4. The highest BCUT2D eigenvalue weighted by atomic mass is 16.5. The first-order valence-electron chi connectivity index (χ1n) is 10.7. The lowest BCUT2D eigenvalue weighted by Gasteiger charge is -2.22. The second-order valence-corrected chi connectivity index (χ2v) is 7.76. The number of methoxy groups -OCH3 is 1. The Morgan fingerprint density at radius 2 is 2.07 bits per heavy atom. The van der Waals surface area contributed by atoms with Gasteiger partial charge in [0.25, 0.3) is 0 Å². The Bertz CT molecular complexity index is 655. The first-order chi connectivity index (χ1) is 14.2. The minimum atomic E-state index is 0.140. The molecule has 0 aromatic heterocycles. The summed E-state index contributed by atoms with van der Waals surface area (Å²) in [7, 11) is 3.46. The Morgan fingerprint density at radius 1 is 1.24 bits per heavy atom. The number of benzene rings is 1. The fourth-order valence-electron chi connectivity index (χ4n) is 3.74. The van der Waals surface area contributed by atoms with Gasteiger partial charge >= 0.3 is 0 Å². The first-order valence-corrected chi connectivity index (χ1v) is 10.7. The molecule has 1 aromatic rings. The van der Waals surface area contributed by atoms with Gasteiger partial charge in [0.05, 0.1) is 32.5 Å². The number of rotatable bonds is 9. The Morgan fingerprint density at radius 3 is 2.76 bits per heavy atom. The Kier molecular flexibility index (Phi) is 8.43. The maximum atomic E-state index is 6.31. The summed E-state index contributed by atoms with van der Waals surface area (Å²) in [4.78, 5) is 4.34. The molecule has 0 radical (unpaired) electrons. The molecule has 1 aliphatic heterocycles. The third-order valence-electron chi connectivity index (χ3n) is 5.39. The van der Waals surface area contributed by atoms with E-state index >= 15 is 0 Å². The molecule has 1 saturated heterocycles. The van der Waals surface area contributed by atoms with Crippen LogP contribution in [0.2, 0.25) is 0 Å². The van der Waals surface area contributed by atoms with Gasteiger partial charge in [-0.1, -0.05) is 12.1 Å². The van der Waals surface area contributed by atoms with Gasteiger partial charge in [0.1, 0.15) is 0 Å². The summed E-state index contributed by atoms with van der Waals surface area (Å²) >= 11 is 0. The molecule has 2 fully saturated rings. The predicted molar refractivity (Wildman–Crippen MR) is 114 cm³/mol. The normalized spacial score (nSPS) is 21.2. The topological polar surface area (TPSA) is 73.3 Å². The maximum absolute atomic E-state index is 6.31. The molecule has 1 heterocycles. The Hall–Kier alpha value is -1.99. The number of nitrogens with zero attached hydrogens (tertiary/aromatic N) is 1. The molecule has 1 aliphatic carbocycles. The van der Waals surface area contributed by atoms with Gasteiger partial charge in [-0.15, -0.1) is 0 Å². The number of guanidine groups is 1. The minimum absolute atomic E-state index is 0.140. The van der Waals surface area contributed by atoms with Crippen molar-refractivity contribution in [2.24, 2.45) is 4.99 Å². The highest BCUT2D eigenvalue weighted by molar-refractivity contribution is 5.80. The maximum Gasteiger partial charge on any atom is 0.191 e. The molecule has 1 saturated carbocycles. The van der Waals surface area contributed by atoms with E-state index in [0.717, 1.165) is 48.9 Å². The van der Waals surface area contributed by atoms with Gasteiger partial charge in [-0.25, -0.2) is 0 Å². The summed E-state index contributed by atoms with van der Waals surface area (Å²) in [5.74, 6) is 2.35. The summed E-state index contributed by atoms with van der Waals surface area (Å²) in [6.45, 7) is 4.79. The lowest BCUT2D eigenvalue weighted by Crippen LogP contribution is -2.44. The van der Waals surface area contributed by atoms with Crippen LogP contribution in [0, 0.1) is 0 Å². The number of hydrogen-bond donors (Lipinski definition) is 2. The zero-order valence-corrected chi connectivity index (χ0v) is 17.9. The molecule has 0 bridgehead atoms. The molecule has 29 heavy (non-hydrogen) atoms. The summed E-state index contributed by atoms with van der Waals surface area (Å²) in [5, 5.41) is 6.77. The Balaban J connectivity index is 1.54. The van der Waals surface area contributed by atoms with E-state index in [0.29, 0.717) is 19.8 Å². The molecule has 2 N–H and O–H groups in total. The zero-order valence-electron chi connectivity index (χ0n) is 17.9. The second kappa shape index (κ2) is 11.3. The van der Waals surface area contributed by atoms with E-state index in [1.54, 1.807) is 14.2 Å². The molecule has 2 atom stereocenters. The molecule has 0 spiro atoms. The highest BCUT2D eigenvalue weighted by Gasteiger charge is 2.21. The van der Waals surface area contributed by atoms with E-state index < -0.39 is 0 Å². The van der Waals surface area contributed by atoms with Crippen LogP contribution in [0.5, 0.6) is 11.5 Å². The summed E-state index contributed by atoms with van der Waals surface area (Å²) in [6, 6.07) is 6.15. The monoisotopic (exact) mass is 405 g/mol. The lowest BCUT2D eigenvalue weighted by atomic mass is 10.1. The number of para-hydroxylation sites is 1. The van der Waals surface area contributed by atoms with Crippen molar-refractivity contribution in [1.29, 1.82) is 0 Å². The quantitative estimate of drug-likeness (QED) is 0.486. The van der Waals surface area contributed by atoms with E-state index in [4.69, 9.17) is 18.9 Å². The fraction of sp³-hybridized carbons (Fsp3) is 0.682. The highest BCUT2D eigenvalue weighted by Crippen LogP contribution is 2.34. The van der Waals surface area contributed by atoms with Crippen molar-refractivity contribution < 1.29 is 18.9 Å². The van der Waals surface area contributed by atoms with Crippen LogP contribution in [0.15, 0.2) is 23.2 Å². The van der Waals surface area contributed by atoms with Gasteiger partial charge in [-0.05, 0) is 45.1 Å². The van der Waals surface area contributed by atoms with Crippen LogP contribution >= 0.6 is 0 Å². The SMILES string of the molecule is CN=C(NCc1cccc(OC)c1OC1CCCC1)NC(C)COC1CCOC1. The van der Waals surface area contributed by atoms with Crippen LogP contribution in [0.25, 0.3) is 0 Å².